The summed E-state index contributed by atoms with van der Waals surface area (Å²) in [6, 6.07) is 14.7. The Hall–Kier alpha value is -2.33. The Kier molecular flexibility index (Phi) is 7.42. The molecule has 1 aliphatic heterocycles. The number of benzene rings is 2. The Balaban J connectivity index is 1.60. The second-order valence-electron chi connectivity index (χ2n) is 8.17. The molecule has 164 valence electrons. The van der Waals surface area contributed by atoms with E-state index in [1.165, 1.54) is 6.26 Å². The summed E-state index contributed by atoms with van der Waals surface area (Å²) in [6.45, 7) is 7.62. The van der Waals surface area contributed by atoms with E-state index >= 15 is 0 Å². The van der Waals surface area contributed by atoms with Gasteiger partial charge in [-0.2, -0.15) is 5.26 Å². The molecule has 1 heterocycles. The van der Waals surface area contributed by atoms with Crippen molar-refractivity contribution >= 4 is 21.4 Å². The van der Waals surface area contributed by atoms with Gasteiger partial charge >= 0.3 is 0 Å². The largest absolute Gasteiger partial charge is 0.493 e. The first-order valence-electron chi connectivity index (χ1n) is 10.2. The van der Waals surface area contributed by atoms with E-state index in [1.807, 2.05) is 18.2 Å². The van der Waals surface area contributed by atoms with Crippen molar-refractivity contribution in [2.24, 2.45) is 5.92 Å². The zero-order chi connectivity index (χ0) is 22.6. The third-order valence-corrected chi connectivity index (χ3v) is 7.01. The summed E-state index contributed by atoms with van der Waals surface area (Å²) in [5.74, 6) is 1.01. The standard InChI is InChI=1S/C24H27ClN2O3S/c1-4-22-13-20(16-30-23-5-7-24(8-6-23)31(3,28)29)15-27(22)17(2)9-18-10-19(14-26)12-21(25)11-18/h4-8,10-12,17,20,22H,1,9,13,15-16H2,2-3H3/t17?,20-,22+/m0/s1. The van der Waals surface area contributed by atoms with Crippen molar-refractivity contribution in [3.8, 4) is 11.8 Å². The molecule has 0 amide bonds. The maximum atomic E-state index is 11.6. The molecular weight excluding hydrogens is 432 g/mol. The van der Waals surface area contributed by atoms with Crippen LogP contribution in [0.25, 0.3) is 0 Å². The van der Waals surface area contributed by atoms with Crippen molar-refractivity contribution in [2.75, 3.05) is 19.4 Å². The van der Waals surface area contributed by atoms with Crippen LogP contribution in [-0.2, 0) is 16.3 Å². The van der Waals surface area contributed by atoms with Gasteiger partial charge in [0.1, 0.15) is 5.75 Å². The highest BCUT2D eigenvalue weighted by Crippen LogP contribution is 2.29. The number of halogens is 1. The minimum Gasteiger partial charge on any atom is -0.493 e. The highest BCUT2D eigenvalue weighted by Gasteiger charge is 2.33. The minimum atomic E-state index is -3.21. The van der Waals surface area contributed by atoms with E-state index in [2.05, 4.69) is 24.5 Å². The van der Waals surface area contributed by atoms with Crippen molar-refractivity contribution in [3.63, 3.8) is 0 Å². The third kappa shape index (κ3) is 6.10. The van der Waals surface area contributed by atoms with Crippen LogP contribution in [0.5, 0.6) is 5.75 Å². The normalized spacial score (nSPS) is 20.2. The van der Waals surface area contributed by atoms with E-state index < -0.39 is 9.84 Å². The molecule has 0 spiro atoms. The van der Waals surface area contributed by atoms with Crippen molar-refractivity contribution < 1.29 is 13.2 Å². The van der Waals surface area contributed by atoms with Gasteiger partial charge in [-0.25, -0.2) is 8.42 Å². The number of rotatable bonds is 8. The van der Waals surface area contributed by atoms with Crippen molar-refractivity contribution in [1.29, 1.82) is 5.26 Å². The summed E-state index contributed by atoms with van der Waals surface area (Å²) in [5, 5.41) is 9.76. The number of likely N-dealkylation sites (tertiary alicyclic amines) is 1. The van der Waals surface area contributed by atoms with Crippen molar-refractivity contribution in [1.82, 2.24) is 4.90 Å². The zero-order valence-corrected chi connectivity index (χ0v) is 19.4. The molecule has 5 nitrogen and oxygen atoms in total. The van der Waals surface area contributed by atoms with Gasteiger partial charge in [0.05, 0.1) is 23.1 Å². The lowest BCUT2D eigenvalue weighted by atomic mass is 10.0. The van der Waals surface area contributed by atoms with Gasteiger partial charge in [-0.15, -0.1) is 6.58 Å². The lowest BCUT2D eigenvalue weighted by Crippen LogP contribution is -2.38. The quantitative estimate of drug-likeness (QED) is 0.544. The predicted octanol–water partition coefficient (Wildman–Crippen LogP) is 4.50. The van der Waals surface area contributed by atoms with E-state index in [0.717, 1.165) is 24.9 Å². The van der Waals surface area contributed by atoms with Crippen LogP contribution in [0.3, 0.4) is 0 Å². The highest BCUT2D eigenvalue weighted by atomic mass is 35.5. The lowest BCUT2D eigenvalue weighted by Gasteiger charge is -2.29. The fourth-order valence-corrected chi connectivity index (χ4v) is 5.02. The van der Waals surface area contributed by atoms with Crippen LogP contribution in [0.15, 0.2) is 60.0 Å². The molecule has 0 bridgehead atoms. The molecule has 0 radical (unpaired) electrons. The number of nitrogens with zero attached hydrogens (tertiary/aromatic N) is 2. The van der Waals surface area contributed by atoms with Crippen LogP contribution in [0.4, 0.5) is 0 Å². The molecular formula is C24H27ClN2O3S. The van der Waals surface area contributed by atoms with Gasteiger partial charge in [-0.1, -0.05) is 17.7 Å². The summed E-state index contributed by atoms with van der Waals surface area (Å²) >= 11 is 6.15. The van der Waals surface area contributed by atoms with Gasteiger partial charge in [0.25, 0.3) is 0 Å². The molecule has 0 saturated carbocycles. The van der Waals surface area contributed by atoms with Gasteiger partial charge in [-0.05, 0) is 67.8 Å². The number of sulfone groups is 1. The average molecular weight is 459 g/mol. The monoisotopic (exact) mass is 458 g/mol. The molecule has 2 aromatic carbocycles. The van der Waals surface area contributed by atoms with Gasteiger partial charge < -0.3 is 4.74 Å². The molecule has 3 atom stereocenters. The van der Waals surface area contributed by atoms with Crippen LogP contribution in [0.1, 0.15) is 24.5 Å². The third-order valence-electron chi connectivity index (χ3n) is 5.66. The SMILES string of the molecule is C=C[C@@H]1C[C@H](COc2ccc(S(C)(=O)=O)cc2)CN1C(C)Cc1cc(Cl)cc(C#N)c1. The van der Waals surface area contributed by atoms with E-state index in [1.54, 1.807) is 30.3 Å². The Labute approximate surface area is 189 Å². The highest BCUT2D eigenvalue weighted by molar-refractivity contribution is 7.90. The summed E-state index contributed by atoms with van der Waals surface area (Å²) in [7, 11) is -3.21. The Bertz CT molecular complexity index is 1080. The molecule has 0 aromatic heterocycles. The first kappa shape index (κ1) is 23.3. The number of hydrogen-bond acceptors (Lipinski definition) is 5. The van der Waals surface area contributed by atoms with Crippen LogP contribution in [-0.4, -0.2) is 44.8 Å². The molecule has 1 fully saturated rings. The van der Waals surface area contributed by atoms with Gasteiger partial charge in [-0.3, -0.25) is 4.90 Å². The average Bonchev–Trinajstić information content (AvgIpc) is 3.15. The zero-order valence-electron chi connectivity index (χ0n) is 17.8. The lowest BCUT2D eigenvalue weighted by molar-refractivity contribution is 0.198. The molecule has 2 aromatic rings. The molecule has 31 heavy (non-hydrogen) atoms. The Morgan fingerprint density at radius 3 is 2.65 bits per heavy atom. The second kappa shape index (κ2) is 9.86. The molecule has 1 aliphatic rings. The molecule has 3 rings (SSSR count). The van der Waals surface area contributed by atoms with Gasteiger partial charge in [0.15, 0.2) is 9.84 Å². The molecule has 1 unspecified atom stereocenters. The van der Waals surface area contributed by atoms with Crippen LogP contribution >= 0.6 is 11.6 Å². The fourth-order valence-electron chi connectivity index (χ4n) is 4.13. The summed E-state index contributed by atoms with van der Waals surface area (Å²) in [5.41, 5.74) is 1.62. The second-order valence-corrected chi connectivity index (χ2v) is 10.6. The summed E-state index contributed by atoms with van der Waals surface area (Å²) < 4.78 is 29.1. The first-order valence-corrected chi connectivity index (χ1v) is 12.5. The molecule has 1 saturated heterocycles. The van der Waals surface area contributed by atoms with E-state index in [4.69, 9.17) is 16.3 Å². The summed E-state index contributed by atoms with van der Waals surface area (Å²) in [6.07, 6.45) is 4.92. The Morgan fingerprint density at radius 1 is 1.32 bits per heavy atom. The molecule has 0 N–H and O–H groups in total. The van der Waals surface area contributed by atoms with Gasteiger partial charge in [0, 0.05) is 35.8 Å². The van der Waals surface area contributed by atoms with Crippen molar-refractivity contribution in [3.05, 3.63) is 71.3 Å². The van der Waals surface area contributed by atoms with E-state index in [0.29, 0.717) is 28.9 Å². The van der Waals surface area contributed by atoms with Gasteiger partial charge in [0.2, 0.25) is 0 Å². The summed E-state index contributed by atoms with van der Waals surface area (Å²) in [4.78, 5) is 2.70. The van der Waals surface area contributed by atoms with Crippen LogP contribution in [0, 0.1) is 17.2 Å². The Morgan fingerprint density at radius 2 is 2.03 bits per heavy atom. The fraction of sp³-hybridized carbons (Fsp3) is 0.375. The van der Waals surface area contributed by atoms with Crippen LogP contribution in [0.2, 0.25) is 5.02 Å². The first-order chi connectivity index (χ1) is 14.7. The number of nitriles is 1. The minimum absolute atomic E-state index is 0.255. The van der Waals surface area contributed by atoms with Crippen LogP contribution < -0.4 is 4.74 Å². The smallest absolute Gasteiger partial charge is 0.175 e. The predicted molar refractivity (Wildman–Crippen MR) is 123 cm³/mol. The van der Waals surface area contributed by atoms with Crippen molar-refractivity contribution in [2.45, 2.75) is 36.7 Å². The topological polar surface area (TPSA) is 70.4 Å². The maximum Gasteiger partial charge on any atom is 0.175 e. The molecule has 7 heteroatoms. The van der Waals surface area contributed by atoms with E-state index in [-0.39, 0.29) is 17.0 Å². The number of hydrogen-bond donors (Lipinski definition) is 0. The van der Waals surface area contributed by atoms with E-state index in [9.17, 15) is 13.7 Å². The maximum absolute atomic E-state index is 11.6. The number of ether oxygens (including phenoxy) is 1. The molecule has 0 aliphatic carbocycles.